The van der Waals surface area contributed by atoms with E-state index in [-0.39, 0.29) is 19.8 Å². The Morgan fingerprint density at radius 1 is 0.974 bits per heavy atom. The van der Waals surface area contributed by atoms with Gasteiger partial charge in [-0.3, -0.25) is 15.1 Å². The second kappa shape index (κ2) is 13.4. The van der Waals surface area contributed by atoms with Crippen molar-refractivity contribution in [3.8, 4) is 22.6 Å². The van der Waals surface area contributed by atoms with Crippen molar-refractivity contribution in [3.05, 3.63) is 111 Å². The number of benzene rings is 3. The van der Waals surface area contributed by atoms with Crippen LogP contribution in [0.15, 0.2) is 89.7 Å². The smallest absolute Gasteiger partial charge is 0.323 e. The number of hydrogen-bond acceptors (Lipinski definition) is 6. The van der Waals surface area contributed by atoms with Gasteiger partial charge in [0.1, 0.15) is 30.8 Å². The number of halogens is 2. The Labute approximate surface area is 234 Å². The number of nitrogens with zero attached hydrogens (tertiary/aromatic N) is 1. The molecule has 0 unspecified atom stereocenters. The van der Waals surface area contributed by atoms with E-state index in [1.165, 1.54) is 0 Å². The zero-order valence-electron chi connectivity index (χ0n) is 20.3. The number of carboxylic acids is 1. The predicted octanol–water partition coefficient (Wildman–Crippen LogP) is 5.86. The lowest BCUT2D eigenvalue weighted by atomic mass is 10.0. The van der Waals surface area contributed by atoms with E-state index in [1.807, 2.05) is 60.7 Å². The van der Waals surface area contributed by atoms with E-state index in [4.69, 9.17) is 21.1 Å². The molecular formula is C29H26BrClN2O5. The molecule has 0 saturated carbocycles. The first-order valence-electron chi connectivity index (χ1n) is 11.8. The third-order valence-electron chi connectivity index (χ3n) is 5.80. The summed E-state index contributed by atoms with van der Waals surface area (Å²) in [5.74, 6) is -0.259. The van der Waals surface area contributed by atoms with Gasteiger partial charge in [-0.25, -0.2) is 0 Å². The maximum absolute atomic E-state index is 11.3. The number of aliphatic hydroxyl groups excluding tert-OH is 1. The Morgan fingerprint density at radius 3 is 2.47 bits per heavy atom. The fraction of sp³-hybridized carbons (Fsp3) is 0.172. The molecule has 0 aliphatic carbocycles. The van der Waals surface area contributed by atoms with Gasteiger partial charge in [0.15, 0.2) is 0 Å². The minimum absolute atomic E-state index is 0.116. The molecule has 9 heteroatoms. The molecular weight excluding hydrogens is 572 g/mol. The van der Waals surface area contributed by atoms with Crippen molar-refractivity contribution in [2.45, 2.75) is 25.8 Å². The zero-order chi connectivity index (χ0) is 26.9. The standard InChI is InChI=1S/C29H26BrClN2O5/c30-28-21(9-4-10-23(28)20-7-2-1-3-8-20)18-38-27-13-26(37-17-19-6-5-11-32-14-19)22(12-24(27)31)15-33-25(16-34)29(35)36/h1-14,25,33-34H,15-18H2,(H,35,36)/t25-/m1/s1. The summed E-state index contributed by atoms with van der Waals surface area (Å²) in [4.78, 5) is 15.4. The third kappa shape index (κ3) is 7.11. The maximum atomic E-state index is 11.3. The Kier molecular flexibility index (Phi) is 9.73. The lowest BCUT2D eigenvalue weighted by Gasteiger charge is -2.18. The average molecular weight is 598 g/mol. The normalized spacial score (nSPS) is 11.7. The topological polar surface area (TPSA) is 101 Å². The van der Waals surface area contributed by atoms with Gasteiger partial charge in [0.05, 0.1) is 11.6 Å². The summed E-state index contributed by atoms with van der Waals surface area (Å²) >= 11 is 10.3. The average Bonchev–Trinajstić information content (AvgIpc) is 2.93. The first-order valence-corrected chi connectivity index (χ1v) is 13.0. The van der Waals surface area contributed by atoms with E-state index in [0.29, 0.717) is 22.1 Å². The van der Waals surface area contributed by atoms with Crippen molar-refractivity contribution in [1.82, 2.24) is 10.3 Å². The van der Waals surface area contributed by atoms with Crippen molar-refractivity contribution in [2.75, 3.05) is 6.61 Å². The molecule has 38 heavy (non-hydrogen) atoms. The van der Waals surface area contributed by atoms with Crippen LogP contribution in [0.1, 0.15) is 16.7 Å². The summed E-state index contributed by atoms with van der Waals surface area (Å²) in [5, 5.41) is 21.8. The number of carboxylic acid groups (broad SMARTS) is 1. The van der Waals surface area contributed by atoms with Gasteiger partial charge in [0.2, 0.25) is 0 Å². The molecule has 0 radical (unpaired) electrons. The van der Waals surface area contributed by atoms with Crippen molar-refractivity contribution in [2.24, 2.45) is 0 Å². The molecule has 7 nitrogen and oxygen atoms in total. The number of nitrogens with one attached hydrogen (secondary N) is 1. The second-order valence-electron chi connectivity index (χ2n) is 8.43. The maximum Gasteiger partial charge on any atom is 0.323 e. The zero-order valence-corrected chi connectivity index (χ0v) is 22.7. The summed E-state index contributed by atoms with van der Waals surface area (Å²) in [6, 6.07) is 22.0. The number of carbonyl (C=O) groups is 1. The second-order valence-corrected chi connectivity index (χ2v) is 9.63. The van der Waals surface area contributed by atoms with Gasteiger partial charge in [0, 0.05) is 46.2 Å². The van der Waals surface area contributed by atoms with Gasteiger partial charge in [-0.05, 0) is 39.2 Å². The first-order chi connectivity index (χ1) is 18.5. The van der Waals surface area contributed by atoms with E-state index in [2.05, 4.69) is 26.2 Å². The lowest BCUT2D eigenvalue weighted by molar-refractivity contribution is -0.140. The SMILES string of the molecule is O=C(O)[C@@H](CO)NCc1cc(Cl)c(OCc2cccc(-c3ccccc3)c2Br)cc1OCc1cccnc1. The van der Waals surface area contributed by atoms with E-state index in [1.54, 1.807) is 24.5 Å². The van der Waals surface area contributed by atoms with Crippen LogP contribution >= 0.6 is 27.5 Å². The highest BCUT2D eigenvalue weighted by Gasteiger charge is 2.18. The number of pyridine rings is 1. The van der Waals surface area contributed by atoms with Crippen LogP contribution in [0.4, 0.5) is 0 Å². The van der Waals surface area contributed by atoms with E-state index in [0.717, 1.165) is 26.7 Å². The molecule has 0 fully saturated rings. The molecule has 0 saturated heterocycles. The van der Waals surface area contributed by atoms with Gasteiger partial charge in [-0.1, -0.05) is 66.2 Å². The Morgan fingerprint density at radius 2 is 1.76 bits per heavy atom. The Bertz CT molecular complexity index is 1370. The molecule has 1 heterocycles. The number of aliphatic hydroxyl groups is 1. The van der Waals surface area contributed by atoms with Gasteiger partial charge >= 0.3 is 5.97 Å². The monoisotopic (exact) mass is 596 g/mol. The third-order valence-corrected chi connectivity index (χ3v) is 7.03. The van der Waals surface area contributed by atoms with Crippen molar-refractivity contribution in [1.29, 1.82) is 0 Å². The van der Waals surface area contributed by atoms with E-state index < -0.39 is 18.6 Å². The van der Waals surface area contributed by atoms with Crippen molar-refractivity contribution in [3.63, 3.8) is 0 Å². The molecule has 0 spiro atoms. The van der Waals surface area contributed by atoms with Crippen LogP contribution in [0.3, 0.4) is 0 Å². The highest BCUT2D eigenvalue weighted by Crippen LogP contribution is 2.36. The van der Waals surface area contributed by atoms with Crippen molar-refractivity contribution < 1.29 is 24.5 Å². The fourth-order valence-electron chi connectivity index (χ4n) is 3.75. The number of aromatic nitrogens is 1. The van der Waals surface area contributed by atoms with E-state index >= 15 is 0 Å². The molecule has 4 rings (SSSR count). The van der Waals surface area contributed by atoms with Crippen LogP contribution in [-0.2, 0) is 24.6 Å². The molecule has 196 valence electrons. The summed E-state index contributed by atoms with van der Waals surface area (Å²) in [6.45, 7) is 0.0682. The van der Waals surface area contributed by atoms with Crippen LogP contribution < -0.4 is 14.8 Å². The summed E-state index contributed by atoms with van der Waals surface area (Å²) in [6.07, 6.45) is 3.38. The molecule has 0 bridgehead atoms. The van der Waals surface area contributed by atoms with Crippen LogP contribution in [0.2, 0.25) is 5.02 Å². The molecule has 3 N–H and O–H groups in total. The number of ether oxygens (including phenoxy) is 2. The molecule has 1 atom stereocenters. The molecule has 1 aromatic heterocycles. The van der Waals surface area contributed by atoms with Crippen LogP contribution in [0.5, 0.6) is 11.5 Å². The van der Waals surface area contributed by atoms with E-state index in [9.17, 15) is 15.0 Å². The number of hydrogen-bond donors (Lipinski definition) is 3. The van der Waals surface area contributed by atoms with Crippen LogP contribution in [-0.4, -0.2) is 33.8 Å². The molecule has 0 aliphatic heterocycles. The highest BCUT2D eigenvalue weighted by atomic mass is 79.9. The van der Waals surface area contributed by atoms with Gasteiger partial charge in [-0.2, -0.15) is 0 Å². The molecule has 0 aliphatic rings. The van der Waals surface area contributed by atoms with Gasteiger partial charge in [0.25, 0.3) is 0 Å². The molecule has 4 aromatic rings. The predicted molar refractivity (Wildman–Crippen MR) is 149 cm³/mol. The molecule has 0 amide bonds. The van der Waals surface area contributed by atoms with Gasteiger partial charge < -0.3 is 19.7 Å². The Balaban J connectivity index is 1.56. The number of rotatable bonds is 12. The quantitative estimate of drug-likeness (QED) is 0.188. The lowest BCUT2D eigenvalue weighted by Crippen LogP contribution is -2.39. The largest absolute Gasteiger partial charge is 0.488 e. The van der Waals surface area contributed by atoms with Gasteiger partial charge in [-0.15, -0.1) is 0 Å². The summed E-state index contributed by atoms with van der Waals surface area (Å²) < 4.78 is 13.1. The van der Waals surface area contributed by atoms with Crippen LogP contribution in [0, 0.1) is 0 Å². The highest BCUT2D eigenvalue weighted by molar-refractivity contribution is 9.10. The fourth-order valence-corrected chi connectivity index (χ4v) is 4.60. The summed E-state index contributed by atoms with van der Waals surface area (Å²) in [5.41, 5.74) is 4.57. The van der Waals surface area contributed by atoms with Crippen LogP contribution in [0.25, 0.3) is 11.1 Å². The minimum Gasteiger partial charge on any atom is -0.488 e. The number of aliphatic carboxylic acids is 1. The molecule has 3 aromatic carbocycles. The minimum atomic E-state index is -1.15. The van der Waals surface area contributed by atoms with Crippen molar-refractivity contribution >= 4 is 33.5 Å². The Hall–Kier alpha value is -3.43. The first kappa shape index (κ1) is 27.6. The summed E-state index contributed by atoms with van der Waals surface area (Å²) in [7, 11) is 0.